The fourth-order valence-electron chi connectivity index (χ4n) is 3.00. The third-order valence-electron chi connectivity index (χ3n) is 4.67. The van der Waals surface area contributed by atoms with Crippen molar-refractivity contribution in [3.05, 3.63) is 0 Å². The van der Waals surface area contributed by atoms with Crippen LogP contribution in [0.1, 0.15) is 110 Å². The van der Waals surface area contributed by atoms with Crippen LogP contribution in [0.4, 0.5) is 0 Å². The molecule has 0 aromatic heterocycles. The van der Waals surface area contributed by atoms with Gasteiger partial charge in [-0.3, -0.25) is 4.79 Å². The molecule has 0 aliphatic rings. The molecule has 0 aliphatic carbocycles. The zero-order valence-electron chi connectivity index (χ0n) is 18.3. The van der Waals surface area contributed by atoms with Crippen LogP contribution in [0, 0.1) is 0 Å². The monoisotopic (exact) mass is 386 g/mol. The molecule has 0 rings (SSSR count). The minimum absolute atomic E-state index is 0.153. The van der Waals surface area contributed by atoms with Crippen molar-refractivity contribution in [1.82, 2.24) is 5.32 Å². The Morgan fingerprint density at radius 2 is 0.963 bits per heavy atom. The average molecular weight is 387 g/mol. The van der Waals surface area contributed by atoms with Crippen LogP contribution in [0.3, 0.4) is 0 Å². The van der Waals surface area contributed by atoms with Crippen molar-refractivity contribution < 1.29 is 4.79 Å². The molecule has 164 valence electrons. The average Bonchev–Trinajstić information content (AvgIpc) is 2.65. The lowest BCUT2D eigenvalue weighted by Gasteiger charge is -2.03. The molecule has 0 aliphatic heterocycles. The van der Waals surface area contributed by atoms with Crippen LogP contribution in [0.15, 0.2) is 0 Å². The van der Waals surface area contributed by atoms with Gasteiger partial charge in [-0.25, -0.2) is 0 Å². The minimum atomic E-state index is -0.153. The Balaban J connectivity index is 0. The summed E-state index contributed by atoms with van der Waals surface area (Å²) >= 11 is 0. The van der Waals surface area contributed by atoms with Crippen molar-refractivity contribution in [2.45, 2.75) is 110 Å². The number of amides is 1. The molecule has 5 heteroatoms. The minimum Gasteiger partial charge on any atom is -0.370 e. The number of hydrogen-bond donors (Lipinski definition) is 4. The topological polar surface area (TPSA) is 107 Å². The standard InChI is InChI=1S/C18H37NO.C4H13N3/c1-2-3-4-5-6-7-8-9-10-11-12-13-14-15-16-17-18(19)20;5-1-3-7-4-2-6/h2-17H2,1H3,(H2,19,20);7H,1-6H2. The number of carbonyl (C=O) groups is 1. The Kier molecular flexibility index (Phi) is 29.2. The predicted octanol–water partition coefficient (Wildman–Crippen LogP) is 4.23. The van der Waals surface area contributed by atoms with Gasteiger partial charge >= 0.3 is 0 Å². The van der Waals surface area contributed by atoms with Crippen molar-refractivity contribution in [1.29, 1.82) is 0 Å². The highest BCUT2D eigenvalue weighted by molar-refractivity contribution is 5.73. The van der Waals surface area contributed by atoms with Gasteiger partial charge in [-0.2, -0.15) is 0 Å². The van der Waals surface area contributed by atoms with Gasteiger partial charge < -0.3 is 22.5 Å². The van der Waals surface area contributed by atoms with Gasteiger partial charge in [-0.15, -0.1) is 0 Å². The Morgan fingerprint density at radius 1 is 0.630 bits per heavy atom. The van der Waals surface area contributed by atoms with E-state index in [2.05, 4.69) is 12.2 Å². The predicted molar refractivity (Wildman–Crippen MR) is 120 cm³/mol. The number of unbranched alkanes of at least 4 members (excludes halogenated alkanes) is 14. The summed E-state index contributed by atoms with van der Waals surface area (Å²) in [6.45, 7) is 5.41. The van der Waals surface area contributed by atoms with E-state index in [1.54, 1.807) is 0 Å². The molecule has 0 heterocycles. The molecular weight excluding hydrogens is 336 g/mol. The molecule has 0 saturated heterocycles. The molecule has 5 nitrogen and oxygen atoms in total. The van der Waals surface area contributed by atoms with E-state index in [1.807, 2.05) is 0 Å². The highest BCUT2D eigenvalue weighted by Crippen LogP contribution is 2.13. The van der Waals surface area contributed by atoms with Gasteiger partial charge in [0.15, 0.2) is 0 Å². The van der Waals surface area contributed by atoms with E-state index in [9.17, 15) is 4.79 Å². The highest BCUT2D eigenvalue weighted by atomic mass is 16.1. The second kappa shape index (κ2) is 27.6. The second-order valence-corrected chi connectivity index (χ2v) is 7.49. The molecule has 0 radical (unpaired) electrons. The Bertz CT molecular complexity index is 271. The van der Waals surface area contributed by atoms with Gasteiger partial charge in [0.1, 0.15) is 0 Å². The van der Waals surface area contributed by atoms with Crippen molar-refractivity contribution in [3.8, 4) is 0 Å². The number of nitrogens with two attached hydrogens (primary N) is 3. The maximum absolute atomic E-state index is 10.6. The van der Waals surface area contributed by atoms with E-state index in [4.69, 9.17) is 17.2 Å². The van der Waals surface area contributed by atoms with Gasteiger partial charge in [0.05, 0.1) is 0 Å². The van der Waals surface area contributed by atoms with Crippen LogP contribution in [-0.4, -0.2) is 32.1 Å². The number of carbonyl (C=O) groups excluding carboxylic acids is 1. The second-order valence-electron chi connectivity index (χ2n) is 7.49. The van der Waals surface area contributed by atoms with Crippen LogP contribution >= 0.6 is 0 Å². The Labute approximate surface area is 169 Å². The summed E-state index contributed by atoms with van der Waals surface area (Å²) in [5.74, 6) is -0.153. The number of rotatable bonds is 20. The maximum Gasteiger partial charge on any atom is 0.217 e. The van der Waals surface area contributed by atoms with Gasteiger partial charge in [-0.05, 0) is 6.42 Å². The highest BCUT2D eigenvalue weighted by Gasteiger charge is 1.96. The van der Waals surface area contributed by atoms with Crippen LogP contribution in [0.2, 0.25) is 0 Å². The van der Waals surface area contributed by atoms with Crippen molar-refractivity contribution >= 4 is 5.91 Å². The molecule has 0 bridgehead atoms. The summed E-state index contributed by atoms with van der Waals surface area (Å²) in [5.41, 5.74) is 15.4. The van der Waals surface area contributed by atoms with Crippen LogP contribution in [0.5, 0.6) is 0 Å². The van der Waals surface area contributed by atoms with Crippen LogP contribution in [0.25, 0.3) is 0 Å². The van der Waals surface area contributed by atoms with E-state index < -0.39 is 0 Å². The van der Waals surface area contributed by atoms with Crippen LogP contribution < -0.4 is 22.5 Å². The summed E-state index contributed by atoms with van der Waals surface area (Å²) in [6, 6.07) is 0. The Morgan fingerprint density at radius 3 is 1.26 bits per heavy atom. The third kappa shape index (κ3) is 33.4. The number of primary amides is 1. The molecule has 0 saturated carbocycles. The summed E-state index contributed by atoms with van der Waals surface area (Å²) in [7, 11) is 0. The molecule has 0 aromatic rings. The number of nitrogens with one attached hydrogen (secondary N) is 1. The van der Waals surface area contributed by atoms with E-state index in [0.717, 1.165) is 19.5 Å². The lowest BCUT2D eigenvalue weighted by molar-refractivity contribution is -0.118. The van der Waals surface area contributed by atoms with E-state index >= 15 is 0 Å². The smallest absolute Gasteiger partial charge is 0.217 e. The van der Waals surface area contributed by atoms with E-state index in [1.165, 1.54) is 89.9 Å². The summed E-state index contributed by atoms with van der Waals surface area (Å²) in [5, 5.41) is 3.03. The molecule has 0 spiro atoms. The molecule has 27 heavy (non-hydrogen) atoms. The zero-order chi connectivity index (χ0) is 20.4. The molecule has 7 N–H and O–H groups in total. The SMILES string of the molecule is CCCCCCCCCCCCCCCCCC(N)=O.NCCNCCN. The first-order valence-electron chi connectivity index (χ1n) is 11.6. The maximum atomic E-state index is 10.6. The van der Waals surface area contributed by atoms with Crippen molar-refractivity contribution in [2.75, 3.05) is 26.2 Å². The first-order valence-corrected chi connectivity index (χ1v) is 11.6. The number of hydrogen-bond acceptors (Lipinski definition) is 4. The van der Waals surface area contributed by atoms with E-state index in [0.29, 0.717) is 19.5 Å². The summed E-state index contributed by atoms with van der Waals surface area (Å²) in [6.07, 6.45) is 20.9. The lowest BCUT2D eigenvalue weighted by atomic mass is 10.0. The largest absolute Gasteiger partial charge is 0.370 e. The normalized spacial score (nSPS) is 10.5. The first-order chi connectivity index (χ1) is 13.2. The van der Waals surface area contributed by atoms with Crippen molar-refractivity contribution in [3.63, 3.8) is 0 Å². The lowest BCUT2D eigenvalue weighted by Crippen LogP contribution is -2.27. The zero-order valence-corrected chi connectivity index (χ0v) is 18.3. The van der Waals surface area contributed by atoms with Gasteiger partial charge in [0.25, 0.3) is 0 Å². The summed E-state index contributed by atoms with van der Waals surface area (Å²) < 4.78 is 0. The van der Waals surface area contributed by atoms with Crippen molar-refractivity contribution in [2.24, 2.45) is 17.2 Å². The Hall–Kier alpha value is -0.650. The molecular formula is C22H50N4O. The molecule has 0 fully saturated rings. The third-order valence-corrected chi connectivity index (χ3v) is 4.67. The fraction of sp³-hybridized carbons (Fsp3) is 0.955. The summed E-state index contributed by atoms with van der Waals surface area (Å²) in [4.78, 5) is 10.6. The first kappa shape index (κ1) is 28.6. The van der Waals surface area contributed by atoms with E-state index in [-0.39, 0.29) is 5.91 Å². The van der Waals surface area contributed by atoms with Gasteiger partial charge in [0.2, 0.25) is 5.91 Å². The fourth-order valence-corrected chi connectivity index (χ4v) is 3.00. The van der Waals surface area contributed by atoms with Crippen LogP contribution in [-0.2, 0) is 4.79 Å². The van der Waals surface area contributed by atoms with Gasteiger partial charge in [0, 0.05) is 32.6 Å². The molecule has 0 atom stereocenters. The molecule has 1 amide bonds. The quantitative estimate of drug-likeness (QED) is 0.235. The van der Waals surface area contributed by atoms with Gasteiger partial charge in [-0.1, -0.05) is 96.8 Å². The molecule has 0 unspecified atom stereocenters. The molecule has 0 aromatic carbocycles.